The van der Waals surface area contributed by atoms with Gasteiger partial charge < -0.3 is 10.1 Å². The Morgan fingerprint density at radius 3 is 1.93 bits per heavy atom. The molecule has 0 aliphatic heterocycles. The molecule has 156 valence electrons. The SMILES string of the molecule is Cc1cccc(C)c1NC(=O)C(C)SCCOC(c1ccccc1)c1ccccc1. The highest BCUT2D eigenvalue weighted by Gasteiger charge is 2.17. The Morgan fingerprint density at radius 2 is 1.40 bits per heavy atom. The molecule has 3 rings (SSSR count). The fourth-order valence-electron chi connectivity index (χ4n) is 3.34. The van der Waals surface area contributed by atoms with Gasteiger partial charge in [0, 0.05) is 11.4 Å². The normalized spacial score (nSPS) is 12.0. The lowest BCUT2D eigenvalue weighted by Crippen LogP contribution is -2.24. The van der Waals surface area contributed by atoms with Gasteiger partial charge in [0.2, 0.25) is 5.91 Å². The maximum Gasteiger partial charge on any atom is 0.237 e. The summed E-state index contributed by atoms with van der Waals surface area (Å²) in [4.78, 5) is 12.6. The monoisotopic (exact) mass is 419 g/mol. The lowest BCUT2D eigenvalue weighted by molar-refractivity contribution is -0.115. The van der Waals surface area contributed by atoms with Gasteiger partial charge in [0.05, 0.1) is 11.9 Å². The molecular weight excluding hydrogens is 390 g/mol. The largest absolute Gasteiger partial charge is 0.368 e. The van der Waals surface area contributed by atoms with Crippen LogP contribution in [0.5, 0.6) is 0 Å². The van der Waals surface area contributed by atoms with E-state index in [1.165, 1.54) is 0 Å². The van der Waals surface area contributed by atoms with Gasteiger partial charge in [-0.1, -0.05) is 78.9 Å². The molecule has 4 heteroatoms. The first kappa shape index (κ1) is 22.1. The van der Waals surface area contributed by atoms with Crippen LogP contribution in [0, 0.1) is 13.8 Å². The van der Waals surface area contributed by atoms with Gasteiger partial charge in [0.15, 0.2) is 0 Å². The second-order valence-corrected chi connectivity index (χ2v) is 8.79. The third-order valence-electron chi connectivity index (χ3n) is 5.04. The quantitative estimate of drug-likeness (QED) is 0.422. The van der Waals surface area contributed by atoms with E-state index in [0.29, 0.717) is 6.61 Å². The van der Waals surface area contributed by atoms with Gasteiger partial charge in [-0.15, -0.1) is 11.8 Å². The molecule has 0 saturated heterocycles. The molecule has 3 aromatic carbocycles. The first-order valence-corrected chi connectivity index (χ1v) is 11.3. The molecule has 0 bridgehead atoms. The molecule has 1 amide bonds. The molecule has 0 aromatic heterocycles. The summed E-state index contributed by atoms with van der Waals surface area (Å²) in [6.45, 7) is 6.54. The van der Waals surface area contributed by atoms with Crippen LogP contribution in [0.25, 0.3) is 0 Å². The number of hydrogen-bond acceptors (Lipinski definition) is 3. The van der Waals surface area contributed by atoms with Crippen molar-refractivity contribution in [1.29, 1.82) is 0 Å². The minimum atomic E-state index is -0.153. The summed E-state index contributed by atoms with van der Waals surface area (Å²) in [5.74, 6) is 0.775. The zero-order valence-electron chi connectivity index (χ0n) is 17.8. The molecule has 0 aliphatic carbocycles. The van der Waals surface area contributed by atoms with Crippen LogP contribution in [-0.2, 0) is 9.53 Å². The van der Waals surface area contributed by atoms with Gasteiger partial charge in [0.25, 0.3) is 0 Å². The van der Waals surface area contributed by atoms with E-state index >= 15 is 0 Å². The van der Waals surface area contributed by atoms with Crippen molar-refractivity contribution in [2.24, 2.45) is 0 Å². The molecule has 1 unspecified atom stereocenters. The molecular formula is C26H29NO2S. The average molecular weight is 420 g/mol. The zero-order valence-corrected chi connectivity index (χ0v) is 18.6. The van der Waals surface area contributed by atoms with Crippen LogP contribution in [0.15, 0.2) is 78.9 Å². The van der Waals surface area contributed by atoms with Crippen molar-refractivity contribution in [3.05, 3.63) is 101 Å². The van der Waals surface area contributed by atoms with Crippen LogP contribution in [0.2, 0.25) is 0 Å². The number of aryl methyl sites for hydroxylation is 2. The smallest absolute Gasteiger partial charge is 0.237 e. The van der Waals surface area contributed by atoms with Gasteiger partial charge in [-0.3, -0.25) is 4.79 Å². The Kier molecular flexibility index (Phi) is 8.12. The minimum absolute atomic E-state index is 0.0278. The highest BCUT2D eigenvalue weighted by atomic mass is 32.2. The Balaban J connectivity index is 1.54. The minimum Gasteiger partial charge on any atom is -0.368 e. The predicted octanol–water partition coefficient (Wildman–Crippen LogP) is 6.17. The van der Waals surface area contributed by atoms with Crippen molar-refractivity contribution in [1.82, 2.24) is 0 Å². The van der Waals surface area contributed by atoms with Crippen molar-refractivity contribution in [2.75, 3.05) is 17.7 Å². The van der Waals surface area contributed by atoms with Crippen LogP contribution in [0.1, 0.15) is 35.3 Å². The Morgan fingerprint density at radius 1 is 0.867 bits per heavy atom. The lowest BCUT2D eigenvalue weighted by atomic mass is 10.0. The molecule has 30 heavy (non-hydrogen) atoms. The van der Waals surface area contributed by atoms with Crippen LogP contribution < -0.4 is 5.32 Å². The first-order valence-electron chi connectivity index (χ1n) is 10.3. The molecule has 1 atom stereocenters. The molecule has 1 N–H and O–H groups in total. The standard InChI is InChI=1S/C26H29NO2S/c1-19-11-10-12-20(2)24(19)27-26(28)21(3)30-18-17-29-25(22-13-6-4-7-14-22)23-15-8-5-9-16-23/h4-16,21,25H,17-18H2,1-3H3,(H,27,28). The summed E-state index contributed by atoms with van der Waals surface area (Å²) in [5.41, 5.74) is 5.35. The number of ether oxygens (including phenoxy) is 1. The molecule has 0 radical (unpaired) electrons. The van der Waals surface area contributed by atoms with Gasteiger partial charge in [-0.25, -0.2) is 0 Å². The molecule has 0 saturated carbocycles. The number of thioether (sulfide) groups is 1. The summed E-state index contributed by atoms with van der Waals surface area (Å²) in [7, 11) is 0. The van der Waals surface area contributed by atoms with Crippen LogP contribution >= 0.6 is 11.8 Å². The van der Waals surface area contributed by atoms with Crippen LogP contribution in [0.3, 0.4) is 0 Å². The number of rotatable bonds is 9. The average Bonchev–Trinajstić information content (AvgIpc) is 2.77. The van der Waals surface area contributed by atoms with E-state index < -0.39 is 0 Å². The number of benzene rings is 3. The van der Waals surface area contributed by atoms with Crippen LogP contribution in [-0.4, -0.2) is 23.5 Å². The summed E-state index contributed by atoms with van der Waals surface area (Å²) < 4.78 is 6.25. The second-order valence-electron chi connectivity index (χ2n) is 7.34. The number of anilines is 1. The molecule has 0 fully saturated rings. The molecule has 0 spiro atoms. The zero-order chi connectivity index (χ0) is 21.3. The predicted molar refractivity (Wildman–Crippen MR) is 127 cm³/mol. The van der Waals surface area contributed by atoms with E-state index in [4.69, 9.17) is 4.74 Å². The molecule has 3 aromatic rings. The topological polar surface area (TPSA) is 38.3 Å². The summed E-state index contributed by atoms with van der Waals surface area (Å²) in [6.07, 6.45) is -0.105. The van der Waals surface area contributed by atoms with Crippen molar-refractivity contribution in [3.8, 4) is 0 Å². The number of amides is 1. The molecule has 0 aliphatic rings. The summed E-state index contributed by atoms with van der Waals surface area (Å²) in [5, 5.41) is 2.93. The van der Waals surface area contributed by atoms with E-state index in [0.717, 1.165) is 33.7 Å². The van der Waals surface area contributed by atoms with Crippen molar-refractivity contribution in [3.63, 3.8) is 0 Å². The van der Waals surface area contributed by atoms with Gasteiger partial charge >= 0.3 is 0 Å². The Hall–Kier alpha value is -2.56. The van der Waals surface area contributed by atoms with E-state index in [2.05, 4.69) is 29.6 Å². The Labute approximate surface area is 183 Å². The number of hydrogen-bond donors (Lipinski definition) is 1. The number of carbonyl (C=O) groups is 1. The van der Waals surface area contributed by atoms with E-state index in [1.54, 1.807) is 11.8 Å². The van der Waals surface area contributed by atoms with Crippen molar-refractivity contribution in [2.45, 2.75) is 32.1 Å². The fraction of sp³-hybridized carbons (Fsp3) is 0.269. The maximum atomic E-state index is 12.6. The van der Waals surface area contributed by atoms with Crippen LogP contribution in [0.4, 0.5) is 5.69 Å². The van der Waals surface area contributed by atoms with Gasteiger partial charge in [0.1, 0.15) is 6.10 Å². The lowest BCUT2D eigenvalue weighted by Gasteiger charge is -2.20. The summed E-state index contributed by atoms with van der Waals surface area (Å²) in [6, 6.07) is 26.5. The van der Waals surface area contributed by atoms with Crippen molar-refractivity contribution < 1.29 is 9.53 Å². The van der Waals surface area contributed by atoms with Gasteiger partial charge in [-0.05, 0) is 43.0 Å². The van der Waals surface area contributed by atoms with Gasteiger partial charge in [-0.2, -0.15) is 0 Å². The number of carbonyl (C=O) groups excluding carboxylic acids is 1. The fourth-order valence-corrected chi connectivity index (χ4v) is 4.10. The number of para-hydroxylation sites is 1. The van der Waals surface area contributed by atoms with E-state index in [-0.39, 0.29) is 17.3 Å². The third-order valence-corrected chi connectivity index (χ3v) is 6.16. The van der Waals surface area contributed by atoms with E-state index in [1.807, 2.05) is 75.4 Å². The third kappa shape index (κ3) is 5.97. The highest BCUT2D eigenvalue weighted by molar-refractivity contribution is 8.00. The molecule has 3 nitrogen and oxygen atoms in total. The first-order chi connectivity index (χ1) is 14.6. The number of nitrogens with one attached hydrogen (secondary N) is 1. The van der Waals surface area contributed by atoms with Crippen molar-refractivity contribution >= 4 is 23.4 Å². The Bertz CT molecular complexity index is 884. The van der Waals surface area contributed by atoms with E-state index in [9.17, 15) is 4.79 Å². The highest BCUT2D eigenvalue weighted by Crippen LogP contribution is 2.26. The molecule has 0 heterocycles. The summed E-state index contributed by atoms with van der Waals surface area (Å²) >= 11 is 1.61. The second kappa shape index (κ2) is 11.0. The maximum absolute atomic E-state index is 12.6.